The molecule has 0 aliphatic carbocycles. The molecule has 2 aromatic carbocycles. The first-order valence-electron chi connectivity index (χ1n) is 7.73. The Morgan fingerprint density at radius 2 is 1.59 bits per heavy atom. The van der Waals surface area contributed by atoms with Crippen molar-refractivity contribution in [2.75, 3.05) is 4.90 Å². The van der Waals surface area contributed by atoms with Gasteiger partial charge in [0, 0.05) is 23.2 Å². The summed E-state index contributed by atoms with van der Waals surface area (Å²) in [5.41, 5.74) is 2.24. The Labute approximate surface area is 138 Å². The van der Waals surface area contributed by atoms with E-state index in [0.29, 0.717) is 23.7 Å². The van der Waals surface area contributed by atoms with Crippen molar-refractivity contribution in [2.45, 2.75) is 46.4 Å². The van der Waals surface area contributed by atoms with E-state index in [-0.39, 0.29) is 0 Å². The topological polar surface area (TPSA) is 12.5 Å². The van der Waals surface area contributed by atoms with Crippen molar-refractivity contribution < 1.29 is 4.74 Å². The van der Waals surface area contributed by atoms with E-state index >= 15 is 0 Å². The van der Waals surface area contributed by atoms with Crippen molar-refractivity contribution in [3.05, 3.63) is 59.1 Å². The quantitative estimate of drug-likeness (QED) is 0.693. The normalized spacial score (nSPS) is 11.0. The van der Waals surface area contributed by atoms with Crippen LogP contribution in [0.3, 0.4) is 0 Å². The Balaban J connectivity index is 2.27. The Morgan fingerprint density at radius 1 is 0.955 bits per heavy atom. The average Bonchev–Trinajstić information content (AvgIpc) is 2.47. The number of ether oxygens (including phenoxy) is 1. The lowest BCUT2D eigenvalue weighted by Gasteiger charge is -2.34. The van der Waals surface area contributed by atoms with Crippen LogP contribution in [0.15, 0.2) is 48.5 Å². The minimum Gasteiger partial charge on any atom is -0.487 e. The van der Waals surface area contributed by atoms with Gasteiger partial charge in [-0.15, -0.1) is 0 Å². The molecule has 0 N–H and O–H groups in total. The van der Waals surface area contributed by atoms with Gasteiger partial charge in [0.1, 0.15) is 12.4 Å². The van der Waals surface area contributed by atoms with E-state index in [1.165, 1.54) is 0 Å². The summed E-state index contributed by atoms with van der Waals surface area (Å²) < 4.78 is 6.06. The molecule has 0 amide bonds. The fraction of sp³-hybridized carbons (Fsp3) is 0.368. The molecule has 0 fully saturated rings. The standard InChI is InChI=1S/C19H24ClNO/c1-14(2)21(15(3)4)18-11-10-17(20)12-19(18)22-13-16-8-6-5-7-9-16/h5-12,14-15H,13H2,1-4H3. The average molecular weight is 318 g/mol. The van der Waals surface area contributed by atoms with Crippen molar-refractivity contribution in [3.63, 3.8) is 0 Å². The largest absolute Gasteiger partial charge is 0.487 e. The van der Waals surface area contributed by atoms with Crippen LogP contribution in [0.25, 0.3) is 0 Å². The molecule has 22 heavy (non-hydrogen) atoms. The van der Waals surface area contributed by atoms with Crippen LogP contribution in [-0.4, -0.2) is 12.1 Å². The zero-order valence-corrected chi connectivity index (χ0v) is 14.5. The van der Waals surface area contributed by atoms with Gasteiger partial charge in [0.25, 0.3) is 0 Å². The first kappa shape index (κ1) is 16.7. The van der Waals surface area contributed by atoms with Crippen molar-refractivity contribution in [1.82, 2.24) is 0 Å². The number of nitrogens with zero attached hydrogens (tertiary/aromatic N) is 1. The molecule has 3 heteroatoms. The summed E-state index contributed by atoms with van der Waals surface area (Å²) in [6, 6.07) is 16.8. The van der Waals surface area contributed by atoms with Gasteiger partial charge in [0.2, 0.25) is 0 Å². The van der Waals surface area contributed by atoms with Gasteiger partial charge in [-0.3, -0.25) is 0 Å². The monoisotopic (exact) mass is 317 g/mol. The van der Waals surface area contributed by atoms with Gasteiger partial charge in [-0.1, -0.05) is 41.9 Å². The molecule has 2 nitrogen and oxygen atoms in total. The number of hydrogen-bond acceptors (Lipinski definition) is 2. The SMILES string of the molecule is CC(C)N(c1ccc(Cl)cc1OCc1ccccc1)C(C)C. The molecule has 0 spiro atoms. The third kappa shape index (κ3) is 4.17. The van der Waals surface area contributed by atoms with E-state index in [1.807, 2.05) is 36.4 Å². The molecule has 118 valence electrons. The molecule has 0 bridgehead atoms. The van der Waals surface area contributed by atoms with Crippen LogP contribution < -0.4 is 9.64 Å². The van der Waals surface area contributed by atoms with Crippen LogP contribution in [0.5, 0.6) is 5.75 Å². The van der Waals surface area contributed by atoms with Crippen molar-refractivity contribution in [3.8, 4) is 5.75 Å². The maximum atomic E-state index is 6.16. The van der Waals surface area contributed by atoms with Crippen LogP contribution >= 0.6 is 11.6 Å². The number of hydrogen-bond donors (Lipinski definition) is 0. The summed E-state index contributed by atoms with van der Waals surface area (Å²) in [5.74, 6) is 0.832. The number of rotatable bonds is 6. The molecule has 0 unspecified atom stereocenters. The summed E-state index contributed by atoms with van der Waals surface area (Å²) in [7, 11) is 0. The predicted molar refractivity (Wildman–Crippen MR) is 95.0 cm³/mol. The molecular weight excluding hydrogens is 294 g/mol. The summed E-state index contributed by atoms with van der Waals surface area (Å²) >= 11 is 6.16. The summed E-state index contributed by atoms with van der Waals surface area (Å²) in [4.78, 5) is 2.34. The number of halogens is 1. The second-order valence-corrected chi connectivity index (χ2v) is 6.42. The summed E-state index contributed by atoms with van der Waals surface area (Å²) in [6.07, 6.45) is 0. The van der Waals surface area contributed by atoms with E-state index in [0.717, 1.165) is 17.0 Å². The minimum atomic E-state index is 0.389. The van der Waals surface area contributed by atoms with Gasteiger partial charge in [0.15, 0.2) is 0 Å². The lowest BCUT2D eigenvalue weighted by Crippen LogP contribution is -2.37. The lowest BCUT2D eigenvalue weighted by molar-refractivity contribution is 0.305. The van der Waals surface area contributed by atoms with Crippen molar-refractivity contribution in [2.24, 2.45) is 0 Å². The molecule has 0 radical (unpaired) electrons. The van der Waals surface area contributed by atoms with Gasteiger partial charge >= 0.3 is 0 Å². The molecule has 0 heterocycles. The first-order valence-corrected chi connectivity index (χ1v) is 8.11. The van der Waals surface area contributed by atoms with Crippen LogP contribution in [0.1, 0.15) is 33.3 Å². The van der Waals surface area contributed by atoms with Crippen LogP contribution in [0, 0.1) is 0 Å². The molecule has 0 aliphatic rings. The predicted octanol–water partition coefficient (Wildman–Crippen LogP) is 5.54. The third-order valence-corrected chi connectivity index (χ3v) is 3.78. The highest BCUT2D eigenvalue weighted by Gasteiger charge is 2.18. The van der Waals surface area contributed by atoms with Gasteiger partial charge in [-0.05, 0) is 45.4 Å². The highest BCUT2D eigenvalue weighted by Crippen LogP contribution is 2.34. The second kappa shape index (κ2) is 7.55. The first-order chi connectivity index (χ1) is 10.5. The Bertz CT molecular complexity index is 588. The minimum absolute atomic E-state index is 0.389. The summed E-state index contributed by atoms with van der Waals surface area (Å²) in [6.45, 7) is 9.30. The van der Waals surface area contributed by atoms with Crippen molar-refractivity contribution >= 4 is 17.3 Å². The van der Waals surface area contributed by atoms with Crippen molar-refractivity contribution in [1.29, 1.82) is 0 Å². The smallest absolute Gasteiger partial charge is 0.144 e. The highest BCUT2D eigenvalue weighted by molar-refractivity contribution is 6.30. The fourth-order valence-corrected chi connectivity index (χ4v) is 2.87. The molecule has 0 aromatic heterocycles. The fourth-order valence-electron chi connectivity index (χ4n) is 2.70. The van der Waals surface area contributed by atoms with Crippen LogP contribution in [-0.2, 0) is 6.61 Å². The van der Waals surface area contributed by atoms with Crippen LogP contribution in [0.2, 0.25) is 5.02 Å². The van der Waals surface area contributed by atoms with E-state index in [4.69, 9.17) is 16.3 Å². The van der Waals surface area contributed by atoms with E-state index < -0.39 is 0 Å². The van der Waals surface area contributed by atoms with Gasteiger partial charge < -0.3 is 9.64 Å². The highest BCUT2D eigenvalue weighted by atomic mass is 35.5. The Kier molecular flexibility index (Phi) is 5.73. The lowest BCUT2D eigenvalue weighted by atomic mass is 10.1. The van der Waals surface area contributed by atoms with E-state index in [9.17, 15) is 0 Å². The Hall–Kier alpha value is -1.67. The number of anilines is 1. The van der Waals surface area contributed by atoms with E-state index in [1.54, 1.807) is 0 Å². The number of benzene rings is 2. The maximum Gasteiger partial charge on any atom is 0.144 e. The molecule has 2 aromatic rings. The Morgan fingerprint density at radius 3 is 2.18 bits per heavy atom. The molecule has 0 saturated carbocycles. The van der Waals surface area contributed by atoms with Gasteiger partial charge in [0.05, 0.1) is 5.69 Å². The molecular formula is C19H24ClNO. The zero-order chi connectivity index (χ0) is 16.1. The third-order valence-electron chi connectivity index (χ3n) is 3.55. The molecule has 0 aliphatic heterocycles. The summed E-state index contributed by atoms with van der Waals surface area (Å²) in [5, 5.41) is 0.694. The molecule has 0 atom stereocenters. The molecule has 0 saturated heterocycles. The second-order valence-electron chi connectivity index (χ2n) is 5.98. The maximum absolute atomic E-state index is 6.16. The van der Waals surface area contributed by atoms with Gasteiger partial charge in [-0.2, -0.15) is 0 Å². The molecule has 2 rings (SSSR count). The van der Waals surface area contributed by atoms with E-state index in [2.05, 4.69) is 44.7 Å². The zero-order valence-electron chi connectivity index (χ0n) is 13.7. The van der Waals surface area contributed by atoms with Gasteiger partial charge in [-0.25, -0.2) is 0 Å². The van der Waals surface area contributed by atoms with Crippen LogP contribution in [0.4, 0.5) is 5.69 Å².